The monoisotopic (exact) mass is 280 g/mol. The molecule has 1 radical (unpaired) electrons. The highest BCUT2D eigenvalue weighted by Gasteiger charge is 1.98. The van der Waals surface area contributed by atoms with Crippen molar-refractivity contribution in [3.8, 4) is 0 Å². The number of nitrogens with zero attached hydrogens (tertiary/aromatic N) is 1. The molecule has 0 saturated heterocycles. The molecular formula is C21H14N. The Bertz CT molecular complexity index is 978. The average Bonchev–Trinajstić information content (AvgIpc) is 2.60. The summed E-state index contributed by atoms with van der Waals surface area (Å²) in [7, 11) is 0. The number of benzene rings is 3. The van der Waals surface area contributed by atoms with Crippen LogP contribution in [0, 0.1) is 6.08 Å². The molecule has 0 saturated carbocycles. The summed E-state index contributed by atoms with van der Waals surface area (Å²) in [6.45, 7) is 0. The fourth-order valence-corrected chi connectivity index (χ4v) is 2.67. The minimum absolute atomic E-state index is 0.923. The second-order valence-electron chi connectivity index (χ2n) is 5.24. The molecule has 0 atom stereocenters. The van der Waals surface area contributed by atoms with Crippen molar-refractivity contribution < 1.29 is 0 Å². The van der Waals surface area contributed by atoms with Crippen LogP contribution in [-0.2, 0) is 0 Å². The SMILES string of the molecule is [C](=Cc1ccc2ccccc2n1)c1cccc2ccccc12. The van der Waals surface area contributed by atoms with Gasteiger partial charge in [-0.2, -0.15) is 0 Å². The van der Waals surface area contributed by atoms with Gasteiger partial charge in [-0.25, -0.2) is 4.98 Å². The van der Waals surface area contributed by atoms with Gasteiger partial charge in [-0.15, -0.1) is 0 Å². The van der Waals surface area contributed by atoms with Crippen molar-refractivity contribution in [1.82, 2.24) is 4.98 Å². The van der Waals surface area contributed by atoms with Crippen LogP contribution in [0.2, 0.25) is 0 Å². The topological polar surface area (TPSA) is 12.9 Å². The summed E-state index contributed by atoms with van der Waals surface area (Å²) in [5, 5.41) is 3.60. The molecule has 103 valence electrons. The minimum Gasteiger partial charge on any atom is -0.248 e. The number of fused-ring (bicyclic) bond motifs is 2. The van der Waals surface area contributed by atoms with Gasteiger partial charge in [-0.3, -0.25) is 0 Å². The van der Waals surface area contributed by atoms with Crippen molar-refractivity contribution in [3.05, 3.63) is 96.2 Å². The van der Waals surface area contributed by atoms with Gasteiger partial charge >= 0.3 is 0 Å². The lowest BCUT2D eigenvalue weighted by atomic mass is 10.0. The summed E-state index contributed by atoms with van der Waals surface area (Å²) in [6, 6.07) is 26.9. The first kappa shape index (κ1) is 12.8. The maximum absolute atomic E-state index is 4.65. The Kier molecular flexibility index (Phi) is 3.17. The number of rotatable bonds is 2. The fourth-order valence-electron chi connectivity index (χ4n) is 2.67. The van der Waals surface area contributed by atoms with Crippen molar-refractivity contribution in [1.29, 1.82) is 0 Å². The first-order chi connectivity index (χ1) is 10.9. The molecule has 1 aromatic heterocycles. The molecule has 1 heteroatoms. The molecule has 4 aromatic rings. The van der Waals surface area contributed by atoms with Crippen LogP contribution in [0.25, 0.3) is 27.8 Å². The zero-order chi connectivity index (χ0) is 14.8. The van der Waals surface area contributed by atoms with E-state index in [-0.39, 0.29) is 0 Å². The van der Waals surface area contributed by atoms with Gasteiger partial charge in [-0.1, -0.05) is 66.7 Å². The molecule has 1 heterocycles. The van der Waals surface area contributed by atoms with E-state index in [2.05, 4.69) is 65.7 Å². The molecule has 4 rings (SSSR count). The smallest absolute Gasteiger partial charge is 0.0709 e. The molecule has 0 bridgehead atoms. The van der Waals surface area contributed by atoms with E-state index >= 15 is 0 Å². The lowest BCUT2D eigenvalue weighted by Crippen LogP contribution is -1.84. The quantitative estimate of drug-likeness (QED) is 0.488. The molecular weight excluding hydrogens is 266 g/mol. The van der Waals surface area contributed by atoms with Crippen LogP contribution in [0.5, 0.6) is 0 Å². The van der Waals surface area contributed by atoms with Gasteiger partial charge in [0, 0.05) is 5.39 Å². The number of hydrogen-bond acceptors (Lipinski definition) is 1. The highest BCUT2D eigenvalue weighted by molar-refractivity contribution is 5.87. The lowest BCUT2D eigenvalue weighted by Gasteiger charge is -2.01. The molecule has 0 aliphatic rings. The predicted molar refractivity (Wildman–Crippen MR) is 92.5 cm³/mol. The number of para-hydroxylation sites is 1. The van der Waals surface area contributed by atoms with Crippen molar-refractivity contribution in [2.45, 2.75) is 0 Å². The van der Waals surface area contributed by atoms with Gasteiger partial charge in [0.2, 0.25) is 0 Å². The predicted octanol–water partition coefficient (Wildman–Crippen LogP) is 5.25. The largest absolute Gasteiger partial charge is 0.248 e. The molecule has 0 aliphatic heterocycles. The zero-order valence-electron chi connectivity index (χ0n) is 12.0. The molecule has 0 unspecified atom stereocenters. The normalized spacial score (nSPS) is 11.5. The number of hydrogen-bond donors (Lipinski definition) is 0. The molecule has 1 nitrogen and oxygen atoms in total. The van der Waals surface area contributed by atoms with Crippen molar-refractivity contribution >= 4 is 27.8 Å². The van der Waals surface area contributed by atoms with Crippen molar-refractivity contribution in [2.24, 2.45) is 0 Å². The average molecular weight is 280 g/mol. The van der Waals surface area contributed by atoms with Crippen molar-refractivity contribution in [2.75, 3.05) is 0 Å². The van der Waals surface area contributed by atoms with Gasteiger partial charge < -0.3 is 0 Å². The van der Waals surface area contributed by atoms with E-state index < -0.39 is 0 Å². The number of pyridine rings is 1. The van der Waals surface area contributed by atoms with E-state index in [1.54, 1.807) is 0 Å². The Hall–Kier alpha value is -2.93. The molecule has 0 spiro atoms. The van der Waals surface area contributed by atoms with Gasteiger partial charge in [0.15, 0.2) is 0 Å². The van der Waals surface area contributed by atoms with E-state index in [9.17, 15) is 0 Å². The Labute approximate surface area is 129 Å². The highest BCUT2D eigenvalue weighted by Crippen LogP contribution is 2.19. The minimum atomic E-state index is 0.923. The summed E-state index contributed by atoms with van der Waals surface area (Å²) >= 11 is 0. The maximum atomic E-state index is 4.65. The van der Waals surface area contributed by atoms with Crippen LogP contribution >= 0.6 is 0 Å². The van der Waals surface area contributed by atoms with E-state index in [0.717, 1.165) is 22.2 Å². The Morgan fingerprint density at radius 1 is 0.682 bits per heavy atom. The summed E-state index contributed by atoms with van der Waals surface area (Å²) < 4.78 is 0. The van der Waals surface area contributed by atoms with Gasteiger partial charge in [-0.05, 0) is 40.6 Å². The molecule has 0 N–H and O–H groups in total. The molecule has 3 aromatic carbocycles. The third-order valence-corrected chi connectivity index (χ3v) is 3.79. The maximum Gasteiger partial charge on any atom is 0.0709 e. The van der Waals surface area contributed by atoms with E-state index in [1.807, 2.05) is 30.3 Å². The Morgan fingerprint density at radius 3 is 2.41 bits per heavy atom. The molecule has 0 fully saturated rings. The zero-order valence-corrected chi connectivity index (χ0v) is 12.0. The van der Waals surface area contributed by atoms with E-state index in [1.165, 1.54) is 10.8 Å². The third kappa shape index (κ3) is 2.38. The summed E-state index contributed by atoms with van der Waals surface area (Å²) in [5.41, 5.74) is 3.02. The van der Waals surface area contributed by atoms with Crippen LogP contribution in [0.15, 0.2) is 78.9 Å². The second-order valence-corrected chi connectivity index (χ2v) is 5.24. The molecule has 0 aliphatic carbocycles. The van der Waals surface area contributed by atoms with Crippen LogP contribution in [0.1, 0.15) is 11.3 Å². The third-order valence-electron chi connectivity index (χ3n) is 3.79. The summed E-state index contributed by atoms with van der Waals surface area (Å²) in [5.74, 6) is 0. The van der Waals surface area contributed by atoms with Gasteiger partial charge in [0.1, 0.15) is 0 Å². The van der Waals surface area contributed by atoms with Crippen LogP contribution < -0.4 is 0 Å². The van der Waals surface area contributed by atoms with Crippen LogP contribution in [-0.4, -0.2) is 4.98 Å². The Balaban J connectivity index is 1.75. The molecule has 22 heavy (non-hydrogen) atoms. The van der Waals surface area contributed by atoms with Gasteiger partial charge in [0.25, 0.3) is 0 Å². The highest BCUT2D eigenvalue weighted by atomic mass is 14.7. The van der Waals surface area contributed by atoms with Crippen molar-refractivity contribution in [3.63, 3.8) is 0 Å². The standard InChI is InChI=1S/C21H14N/c1-3-10-20-16(6-1)8-5-9-17(20)12-14-19-15-13-18-7-2-4-11-21(18)22-19/h1-11,13-15H. The van der Waals surface area contributed by atoms with E-state index in [4.69, 9.17) is 0 Å². The second kappa shape index (κ2) is 5.45. The summed E-state index contributed by atoms with van der Waals surface area (Å²) in [6.07, 6.45) is 5.33. The lowest BCUT2D eigenvalue weighted by molar-refractivity contribution is 1.37. The first-order valence-electron chi connectivity index (χ1n) is 7.33. The van der Waals surface area contributed by atoms with Crippen LogP contribution in [0.4, 0.5) is 0 Å². The number of aromatic nitrogens is 1. The Morgan fingerprint density at radius 2 is 1.45 bits per heavy atom. The van der Waals surface area contributed by atoms with Gasteiger partial charge in [0.05, 0.1) is 11.2 Å². The molecule has 0 amide bonds. The van der Waals surface area contributed by atoms with E-state index in [0.29, 0.717) is 0 Å². The fraction of sp³-hybridized carbons (Fsp3) is 0. The van der Waals surface area contributed by atoms with Crippen LogP contribution in [0.3, 0.4) is 0 Å². The first-order valence-corrected chi connectivity index (χ1v) is 7.33. The summed E-state index contributed by atoms with van der Waals surface area (Å²) in [4.78, 5) is 4.65.